The highest BCUT2D eigenvalue weighted by molar-refractivity contribution is 6.17. The minimum atomic E-state index is 1.10. The number of para-hydroxylation sites is 3. The summed E-state index contributed by atoms with van der Waals surface area (Å²) in [7, 11) is 0. The van der Waals surface area contributed by atoms with E-state index in [0.29, 0.717) is 0 Å². The van der Waals surface area contributed by atoms with E-state index in [-0.39, 0.29) is 0 Å². The van der Waals surface area contributed by atoms with Crippen LogP contribution in [-0.2, 0) is 0 Å². The Balaban J connectivity index is 1.30. The molecule has 10 aromatic rings. The van der Waals surface area contributed by atoms with Gasteiger partial charge in [0.25, 0.3) is 0 Å². The van der Waals surface area contributed by atoms with Crippen molar-refractivity contribution in [2.24, 2.45) is 0 Å². The number of aromatic nitrogens is 1. The van der Waals surface area contributed by atoms with Gasteiger partial charge in [0.2, 0.25) is 0 Å². The number of hydrogen-bond donors (Lipinski definition) is 0. The van der Waals surface area contributed by atoms with Crippen molar-refractivity contribution in [2.45, 2.75) is 0 Å². The van der Waals surface area contributed by atoms with Crippen LogP contribution < -0.4 is 4.90 Å². The fourth-order valence-electron chi connectivity index (χ4n) is 8.18. The van der Waals surface area contributed by atoms with Crippen LogP contribution in [-0.4, -0.2) is 4.57 Å². The van der Waals surface area contributed by atoms with Gasteiger partial charge in [0, 0.05) is 27.6 Å². The summed E-state index contributed by atoms with van der Waals surface area (Å²) in [5.74, 6) is 0. The van der Waals surface area contributed by atoms with Crippen LogP contribution in [0.1, 0.15) is 0 Å². The second-order valence-corrected chi connectivity index (χ2v) is 13.7. The van der Waals surface area contributed by atoms with E-state index < -0.39 is 0 Å². The number of benzene rings is 9. The van der Waals surface area contributed by atoms with Crippen LogP contribution in [0.15, 0.2) is 218 Å². The molecule has 0 fully saturated rings. The molecule has 2 heteroatoms. The molecule has 0 saturated carbocycles. The van der Waals surface area contributed by atoms with Gasteiger partial charge in [0.1, 0.15) is 0 Å². The fraction of sp³-hybridized carbons (Fsp3) is 0. The molecule has 0 spiro atoms. The minimum Gasteiger partial charge on any atom is -0.309 e. The zero-order valence-corrected chi connectivity index (χ0v) is 29.7. The molecule has 1 aromatic heterocycles. The fourth-order valence-corrected chi connectivity index (χ4v) is 8.18. The summed E-state index contributed by atoms with van der Waals surface area (Å²) >= 11 is 0. The summed E-state index contributed by atoms with van der Waals surface area (Å²) in [4.78, 5) is 2.44. The molecule has 254 valence electrons. The number of nitrogens with zero attached hydrogens (tertiary/aromatic N) is 2. The molecular weight excluding hydrogens is 653 g/mol. The number of hydrogen-bond acceptors (Lipinski definition) is 1. The molecule has 0 bridgehead atoms. The van der Waals surface area contributed by atoms with Gasteiger partial charge in [-0.15, -0.1) is 0 Å². The summed E-state index contributed by atoms with van der Waals surface area (Å²) in [5, 5.41) is 4.88. The van der Waals surface area contributed by atoms with Gasteiger partial charge in [-0.25, -0.2) is 0 Å². The highest BCUT2D eigenvalue weighted by Gasteiger charge is 2.24. The van der Waals surface area contributed by atoms with Gasteiger partial charge in [-0.1, -0.05) is 176 Å². The maximum Gasteiger partial charge on any atom is 0.0562 e. The van der Waals surface area contributed by atoms with Crippen molar-refractivity contribution in [3.63, 3.8) is 0 Å². The Morgan fingerprint density at radius 1 is 0.333 bits per heavy atom. The summed E-state index contributed by atoms with van der Waals surface area (Å²) in [6.07, 6.45) is 0. The van der Waals surface area contributed by atoms with E-state index in [9.17, 15) is 0 Å². The number of anilines is 3. The van der Waals surface area contributed by atoms with Crippen LogP contribution >= 0.6 is 0 Å². The predicted molar refractivity (Wildman–Crippen MR) is 229 cm³/mol. The van der Waals surface area contributed by atoms with Crippen LogP contribution in [0, 0.1) is 0 Å². The van der Waals surface area contributed by atoms with Crippen LogP contribution in [0.4, 0.5) is 17.1 Å². The molecule has 0 amide bonds. The molecule has 1 heterocycles. The van der Waals surface area contributed by atoms with E-state index >= 15 is 0 Å². The van der Waals surface area contributed by atoms with Crippen molar-refractivity contribution in [1.29, 1.82) is 0 Å². The topological polar surface area (TPSA) is 8.17 Å². The molecule has 9 aromatic carbocycles. The van der Waals surface area contributed by atoms with Crippen LogP contribution in [0.25, 0.3) is 71.6 Å². The molecule has 0 unspecified atom stereocenters. The molecule has 0 aliphatic rings. The third-order valence-electron chi connectivity index (χ3n) is 10.6. The zero-order valence-electron chi connectivity index (χ0n) is 29.7. The standard InChI is InChI=1S/C52H36N2/c1-4-18-37(19-5-1)40-34-35-45(44-29-16-23-38-22-10-11-26-42(38)44)51(36-40)54-48-31-15-13-28-46(48)52-49(32-17-33-50(52)54)53(41-24-8-3-9-25-41)47-30-14-12-27-43(47)39-20-6-2-7-21-39/h1-36H. The van der Waals surface area contributed by atoms with E-state index in [0.717, 1.165) is 33.8 Å². The first-order chi connectivity index (χ1) is 26.8. The lowest BCUT2D eigenvalue weighted by Crippen LogP contribution is -2.11. The van der Waals surface area contributed by atoms with Gasteiger partial charge in [-0.3, -0.25) is 0 Å². The van der Waals surface area contributed by atoms with E-state index in [1.807, 2.05) is 0 Å². The van der Waals surface area contributed by atoms with Gasteiger partial charge in [-0.2, -0.15) is 0 Å². The van der Waals surface area contributed by atoms with Gasteiger partial charge >= 0.3 is 0 Å². The van der Waals surface area contributed by atoms with Crippen LogP contribution in [0.2, 0.25) is 0 Å². The molecule has 0 saturated heterocycles. The molecule has 54 heavy (non-hydrogen) atoms. The highest BCUT2D eigenvalue weighted by Crippen LogP contribution is 2.47. The molecule has 0 aliphatic carbocycles. The second kappa shape index (κ2) is 13.4. The Morgan fingerprint density at radius 3 is 1.72 bits per heavy atom. The molecule has 0 aliphatic heterocycles. The smallest absolute Gasteiger partial charge is 0.0562 e. The lowest BCUT2D eigenvalue weighted by Gasteiger charge is -2.28. The lowest BCUT2D eigenvalue weighted by molar-refractivity contribution is 1.18. The third kappa shape index (κ3) is 5.36. The van der Waals surface area contributed by atoms with Crippen molar-refractivity contribution in [3.8, 4) is 39.1 Å². The van der Waals surface area contributed by atoms with Gasteiger partial charge in [0.05, 0.1) is 28.1 Å². The lowest BCUT2D eigenvalue weighted by atomic mass is 9.94. The van der Waals surface area contributed by atoms with Gasteiger partial charge in [0.15, 0.2) is 0 Å². The Bertz CT molecular complexity index is 2920. The van der Waals surface area contributed by atoms with E-state index in [1.54, 1.807) is 0 Å². The van der Waals surface area contributed by atoms with E-state index in [2.05, 4.69) is 228 Å². The molecular formula is C52H36N2. The van der Waals surface area contributed by atoms with Crippen molar-refractivity contribution in [3.05, 3.63) is 218 Å². The maximum absolute atomic E-state index is 2.49. The largest absolute Gasteiger partial charge is 0.309 e. The Hall–Kier alpha value is -7.16. The second-order valence-electron chi connectivity index (χ2n) is 13.7. The molecule has 0 radical (unpaired) electrons. The summed E-state index contributed by atoms with van der Waals surface area (Å²) < 4.78 is 2.49. The average Bonchev–Trinajstić information content (AvgIpc) is 3.59. The summed E-state index contributed by atoms with van der Waals surface area (Å²) in [5.41, 5.74) is 14.0. The zero-order chi connectivity index (χ0) is 35.8. The maximum atomic E-state index is 2.49. The Labute approximate surface area is 315 Å². The first-order valence-electron chi connectivity index (χ1n) is 18.5. The van der Waals surface area contributed by atoms with E-state index in [4.69, 9.17) is 0 Å². The van der Waals surface area contributed by atoms with Crippen molar-refractivity contribution >= 4 is 49.6 Å². The number of fused-ring (bicyclic) bond motifs is 4. The average molecular weight is 689 g/mol. The van der Waals surface area contributed by atoms with Crippen molar-refractivity contribution in [1.82, 2.24) is 4.57 Å². The predicted octanol–water partition coefficient (Wildman–Crippen LogP) is 14.4. The SMILES string of the molecule is c1ccc(-c2ccc(-c3cccc4ccccc34)c(-n3c4ccccc4c4c(N(c5ccccc5)c5ccccc5-c5ccccc5)cccc43)c2)cc1. The first-order valence-corrected chi connectivity index (χ1v) is 18.5. The molecule has 10 rings (SSSR count). The van der Waals surface area contributed by atoms with Crippen LogP contribution in [0.3, 0.4) is 0 Å². The first kappa shape index (κ1) is 31.6. The van der Waals surface area contributed by atoms with E-state index in [1.165, 1.54) is 54.9 Å². The Kier molecular flexibility index (Phi) is 7.85. The normalized spacial score (nSPS) is 11.3. The minimum absolute atomic E-state index is 1.10. The summed E-state index contributed by atoms with van der Waals surface area (Å²) in [6, 6.07) is 78.9. The van der Waals surface area contributed by atoms with Crippen molar-refractivity contribution < 1.29 is 0 Å². The van der Waals surface area contributed by atoms with Crippen molar-refractivity contribution in [2.75, 3.05) is 4.90 Å². The summed E-state index contributed by atoms with van der Waals surface area (Å²) in [6.45, 7) is 0. The monoisotopic (exact) mass is 688 g/mol. The molecule has 2 nitrogen and oxygen atoms in total. The molecule has 0 N–H and O–H groups in total. The van der Waals surface area contributed by atoms with Gasteiger partial charge in [-0.05, 0) is 75.5 Å². The van der Waals surface area contributed by atoms with Crippen LogP contribution in [0.5, 0.6) is 0 Å². The number of rotatable bonds is 7. The highest BCUT2D eigenvalue weighted by atomic mass is 15.2. The quantitative estimate of drug-likeness (QED) is 0.162. The third-order valence-corrected chi connectivity index (χ3v) is 10.6. The Morgan fingerprint density at radius 2 is 0.907 bits per heavy atom. The van der Waals surface area contributed by atoms with Gasteiger partial charge < -0.3 is 9.47 Å². The molecule has 0 atom stereocenters.